The number of aromatic nitrogens is 1. The fraction of sp³-hybridized carbons (Fsp3) is 0.263. The van der Waals surface area contributed by atoms with Crippen LogP contribution in [0.4, 0.5) is 0 Å². The van der Waals surface area contributed by atoms with Crippen LogP contribution in [0, 0.1) is 0 Å². The zero-order valence-corrected chi connectivity index (χ0v) is 13.4. The van der Waals surface area contributed by atoms with E-state index in [1.54, 1.807) is 6.26 Å². The highest BCUT2D eigenvalue weighted by atomic mass is 16.5. The summed E-state index contributed by atoms with van der Waals surface area (Å²) in [5.41, 5.74) is 2.11. The molecule has 122 valence electrons. The van der Waals surface area contributed by atoms with Gasteiger partial charge in [-0.1, -0.05) is 18.2 Å². The summed E-state index contributed by atoms with van der Waals surface area (Å²) in [4.78, 5) is 19.6. The number of pyridine rings is 1. The van der Waals surface area contributed by atoms with Gasteiger partial charge in [0.15, 0.2) is 5.76 Å². The van der Waals surface area contributed by atoms with Gasteiger partial charge in [-0.15, -0.1) is 0 Å². The molecule has 0 aliphatic carbocycles. The van der Waals surface area contributed by atoms with Crippen LogP contribution in [-0.2, 0) is 4.74 Å². The quantitative estimate of drug-likeness (QED) is 0.726. The number of morpholine rings is 1. The Labute approximate surface area is 139 Å². The van der Waals surface area contributed by atoms with Gasteiger partial charge in [-0.05, 0) is 31.2 Å². The van der Waals surface area contributed by atoms with E-state index in [0.717, 1.165) is 10.9 Å². The van der Waals surface area contributed by atoms with Gasteiger partial charge in [-0.3, -0.25) is 4.79 Å². The number of carbonyl (C=O) groups excluding carboxylic acids is 1. The summed E-state index contributed by atoms with van der Waals surface area (Å²) >= 11 is 0. The van der Waals surface area contributed by atoms with Crippen LogP contribution in [0.3, 0.4) is 0 Å². The Balaban J connectivity index is 1.82. The van der Waals surface area contributed by atoms with Gasteiger partial charge in [0.2, 0.25) is 0 Å². The summed E-state index contributed by atoms with van der Waals surface area (Å²) in [7, 11) is 0. The minimum atomic E-state index is 0.0107. The monoisotopic (exact) mass is 322 g/mol. The first-order valence-electron chi connectivity index (χ1n) is 8.07. The summed E-state index contributed by atoms with van der Waals surface area (Å²) in [5, 5.41) is 0.858. The van der Waals surface area contributed by atoms with Crippen LogP contribution in [0.1, 0.15) is 17.3 Å². The van der Waals surface area contributed by atoms with Crippen LogP contribution in [0.2, 0.25) is 0 Å². The van der Waals surface area contributed by atoms with E-state index in [-0.39, 0.29) is 12.0 Å². The molecule has 0 bridgehead atoms. The number of benzene rings is 1. The van der Waals surface area contributed by atoms with E-state index in [9.17, 15) is 4.79 Å². The average Bonchev–Trinajstić information content (AvgIpc) is 3.15. The van der Waals surface area contributed by atoms with Gasteiger partial charge in [-0.25, -0.2) is 4.98 Å². The molecule has 1 aliphatic heterocycles. The van der Waals surface area contributed by atoms with E-state index < -0.39 is 0 Å². The molecule has 0 spiro atoms. The van der Waals surface area contributed by atoms with Crippen molar-refractivity contribution in [2.24, 2.45) is 0 Å². The highest BCUT2D eigenvalue weighted by Crippen LogP contribution is 2.26. The Bertz CT molecular complexity index is 873. The van der Waals surface area contributed by atoms with Gasteiger partial charge >= 0.3 is 0 Å². The van der Waals surface area contributed by atoms with Crippen molar-refractivity contribution in [3.63, 3.8) is 0 Å². The summed E-state index contributed by atoms with van der Waals surface area (Å²) in [6.45, 7) is 3.76. The number of hydrogen-bond donors (Lipinski definition) is 0. The highest BCUT2D eigenvalue weighted by Gasteiger charge is 2.24. The number of hydrogen-bond acceptors (Lipinski definition) is 4. The minimum Gasteiger partial charge on any atom is -0.463 e. The smallest absolute Gasteiger partial charge is 0.254 e. The van der Waals surface area contributed by atoms with Gasteiger partial charge in [0.05, 0.1) is 30.1 Å². The molecule has 3 heterocycles. The maximum Gasteiger partial charge on any atom is 0.254 e. The molecule has 1 amide bonds. The van der Waals surface area contributed by atoms with Crippen LogP contribution >= 0.6 is 0 Å². The fourth-order valence-electron chi connectivity index (χ4n) is 3.08. The van der Waals surface area contributed by atoms with Crippen molar-refractivity contribution in [2.75, 3.05) is 19.7 Å². The van der Waals surface area contributed by atoms with Gasteiger partial charge in [-0.2, -0.15) is 0 Å². The lowest BCUT2D eigenvalue weighted by Gasteiger charge is -2.31. The molecule has 1 saturated heterocycles. The lowest BCUT2D eigenvalue weighted by molar-refractivity contribution is -0.0123. The fourth-order valence-corrected chi connectivity index (χ4v) is 3.08. The second-order valence-corrected chi connectivity index (χ2v) is 5.98. The van der Waals surface area contributed by atoms with Crippen molar-refractivity contribution in [3.8, 4) is 11.5 Å². The molecule has 1 atom stereocenters. The first-order chi connectivity index (χ1) is 11.7. The number of para-hydroxylation sites is 1. The van der Waals surface area contributed by atoms with Crippen molar-refractivity contribution in [1.82, 2.24) is 9.88 Å². The lowest BCUT2D eigenvalue weighted by atomic mass is 10.0. The number of amides is 1. The third-order valence-electron chi connectivity index (χ3n) is 4.25. The molecule has 5 heteroatoms. The zero-order valence-electron chi connectivity index (χ0n) is 13.4. The molecule has 0 N–H and O–H groups in total. The van der Waals surface area contributed by atoms with E-state index in [1.807, 2.05) is 54.3 Å². The van der Waals surface area contributed by atoms with Crippen molar-refractivity contribution in [1.29, 1.82) is 0 Å². The maximum atomic E-state index is 13.1. The Morgan fingerprint density at radius 1 is 1.25 bits per heavy atom. The normalized spacial score (nSPS) is 18.0. The van der Waals surface area contributed by atoms with E-state index >= 15 is 0 Å². The lowest BCUT2D eigenvalue weighted by Crippen LogP contribution is -2.44. The molecule has 0 saturated carbocycles. The van der Waals surface area contributed by atoms with Crippen molar-refractivity contribution in [3.05, 3.63) is 54.3 Å². The first-order valence-corrected chi connectivity index (χ1v) is 8.07. The van der Waals surface area contributed by atoms with Crippen LogP contribution in [0.15, 0.2) is 53.1 Å². The first kappa shape index (κ1) is 14.9. The number of rotatable bonds is 2. The van der Waals surface area contributed by atoms with Crippen LogP contribution in [0.25, 0.3) is 22.4 Å². The number of ether oxygens (including phenoxy) is 1. The number of nitrogens with zero attached hydrogens (tertiary/aromatic N) is 2. The number of fused-ring (bicyclic) bond motifs is 1. The molecule has 2 aromatic heterocycles. The van der Waals surface area contributed by atoms with E-state index in [4.69, 9.17) is 9.15 Å². The molecule has 1 aliphatic rings. The SMILES string of the molecule is CC1CN(C(=O)c2cc(-c3ccco3)nc3ccccc23)CCO1. The predicted octanol–water partition coefficient (Wildman–Crippen LogP) is 3.36. The standard InChI is InChI=1S/C19H18N2O3/c1-13-12-21(8-10-23-13)19(22)15-11-17(18-7-4-9-24-18)20-16-6-3-2-5-14(15)16/h2-7,9,11,13H,8,10,12H2,1H3. The van der Waals surface area contributed by atoms with Crippen LogP contribution in [0.5, 0.6) is 0 Å². The molecule has 3 aromatic rings. The highest BCUT2D eigenvalue weighted by molar-refractivity contribution is 6.07. The van der Waals surface area contributed by atoms with Crippen molar-refractivity contribution >= 4 is 16.8 Å². The summed E-state index contributed by atoms with van der Waals surface area (Å²) in [5.74, 6) is 0.668. The summed E-state index contributed by atoms with van der Waals surface area (Å²) < 4.78 is 11.0. The van der Waals surface area contributed by atoms with Crippen molar-refractivity contribution < 1.29 is 13.9 Å². The Morgan fingerprint density at radius 3 is 2.92 bits per heavy atom. The van der Waals surface area contributed by atoms with Gasteiger partial charge in [0.1, 0.15) is 5.69 Å². The molecule has 5 nitrogen and oxygen atoms in total. The van der Waals surface area contributed by atoms with E-state index in [0.29, 0.717) is 36.7 Å². The largest absolute Gasteiger partial charge is 0.463 e. The van der Waals surface area contributed by atoms with Crippen LogP contribution in [-0.4, -0.2) is 41.6 Å². The molecular formula is C19H18N2O3. The Hall–Kier alpha value is -2.66. The molecule has 1 fully saturated rings. The maximum absolute atomic E-state index is 13.1. The average molecular weight is 322 g/mol. The topological polar surface area (TPSA) is 55.6 Å². The molecule has 0 radical (unpaired) electrons. The summed E-state index contributed by atoms with van der Waals surface area (Å²) in [6, 6.07) is 13.2. The molecule has 1 aromatic carbocycles. The third-order valence-corrected chi connectivity index (χ3v) is 4.25. The minimum absolute atomic E-state index is 0.0107. The zero-order chi connectivity index (χ0) is 16.5. The predicted molar refractivity (Wildman–Crippen MR) is 90.8 cm³/mol. The Kier molecular flexibility index (Phi) is 3.78. The van der Waals surface area contributed by atoms with Gasteiger partial charge < -0.3 is 14.1 Å². The molecule has 4 rings (SSSR count). The van der Waals surface area contributed by atoms with E-state index in [2.05, 4.69) is 4.98 Å². The second-order valence-electron chi connectivity index (χ2n) is 5.98. The third kappa shape index (κ3) is 2.67. The second kappa shape index (κ2) is 6.09. The van der Waals surface area contributed by atoms with Gasteiger partial charge in [0.25, 0.3) is 5.91 Å². The summed E-state index contributed by atoms with van der Waals surface area (Å²) in [6.07, 6.45) is 1.66. The Morgan fingerprint density at radius 2 is 2.12 bits per heavy atom. The van der Waals surface area contributed by atoms with Crippen molar-refractivity contribution in [2.45, 2.75) is 13.0 Å². The van der Waals surface area contributed by atoms with Gasteiger partial charge in [0, 0.05) is 18.5 Å². The molecule has 1 unspecified atom stereocenters. The molecular weight excluding hydrogens is 304 g/mol. The number of carbonyl (C=O) groups is 1. The number of furan rings is 1. The van der Waals surface area contributed by atoms with Crippen LogP contribution < -0.4 is 0 Å². The molecule has 24 heavy (non-hydrogen) atoms. The van der Waals surface area contributed by atoms with E-state index in [1.165, 1.54) is 0 Å².